The molecule has 0 aromatic carbocycles. The normalized spacial score (nSPS) is 13.4. The summed E-state index contributed by atoms with van der Waals surface area (Å²) < 4.78 is 5.48. The third kappa shape index (κ3) is 7.04. The maximum Gasteiger partial charge on any atom is 0.328 e. The Kier molecular flexibility index (Phi) is 9.05. The number of carbonyl (C=O) groups is 2. The number of nitrogens with zero attached hydrogens (tertiary/aromatic N) is 2. The molecule has 0 aliphatic rings. The number of amides is 1. The zero-order chi connectivity index (χ0) is 18.1. The number of aromatic nitrogens is 2. The van der Waals surface area contributed by atoms with Crippen LogP contribution in [0.5, 0.6) is 0 Å². The molecule has 1 amide bonds. The zero-order valence-corrected chi connectivity index (χ0v) is 16.4. The van der Waals surface area contributed by atoms with Gasteiger partial charge in [-0.05, 0) is 11.8 Å². The van der Waals surface area contributed by atoms with E-state index in [1.807, 2.05) is 13.8 Å². The van der Waals surface area contributed by atoms with Gasteiger partial charge < -0.3 is 15.4 Å². The topological polar surface area (TPSA) is 93.2 Å². The highest BCUT2D eigenvalue weighted by molar-refractivity contribution is 8.01. The van der Waals surface area contributed by atoms with E-state index in [4.69, 9.17) is 4.74 Å². The van der Waals surface area contributed by atoms with Gasteiger partial charge >= 0.3 is 5.97 Å². The molecule has 2 N–H and O–H groups in total. The van der Waals surface area contributed by atoms with Gasteiger partial charge in [-0.1, -0.05) is 57.2 Å². The van der Waals surface area contributed by atoms with Crippen molar-refractivity contribution in [3.8, 4) is 0 Å². The third-order valence-corrected chi connectivity index (χ3v) is 5.39. The molecule has 0 fully saturated rings. The van der Waals surface area contributed by atoms with Crippen LogP contribution in [-0.4, -0.2) is 47.5 Å². The largest absolute Gasteiger partial charge is 0.467 e. The molecule has 2 unspecified atom stereocenters. The fraction of sp³-hybridized carbons (Fsp3) is 0.733. The summed E-state index contributed by atoms with van der Waals surface area (Å²) >= 11 is 2.72. The fourth-order valence-corrected chi connectivity index (χ4v) is 3.34. The molecule has 0 aliphatic heterocycles. The van der Waals surface area contributed by atoms with Gasteiger partial charge in [0.25, 0.3) is 0 Å². The van der Waals surface area contributed by atoms with Gasteiger partial charge in [-0.25, -0.2) is 4.79 Å². The SMILES string of the molecule is CCC(C)C(NC(=O)CSc1nnc(NCC(C)C)s1)C(=O)OC. The van der Waals surface area contributed by atoms with Crippen molar-refractivity contribution in [2.75, 3.05) is 24.7 Å². The van der Waals surface area contributed by atoms with Crippen LogP contribution in [0.1, 0.15) is 34.1 Å². The number of esters is 1. The fourth-order valence-electron chi connectivity index (χ4n) is 1.77. The Hall–Kier alpha value is -1.35. The first-order chi connectivity index (χ1) is 11.4. The minimum Gasteiger partial charge on any atom is -0.467 e. The maximum absolute atomic E-state index is 12.1. The molecule has 1 heterocycles. The maximum atomic E-state index is 12.1. The van der Waals surface area contributed by atoms with Gasteiger partial charge in [0.1, 0.15) is 6.04 Å². The standard InChI is InChI=1S/C15H26N4O3S2/c1-6-10(4)12(13(21)22-5)17-11(20)8-23-15-19-18-14(24-15)16-7-9(2)3/h9-10,12H,6-8H2,1-5H3,(H,16,18)(H,17,20). The van der Waals surface area contributed by atoms with Gasteiger partial charge in [0, 0.05) is 6.54 Å². The van der Waals surface area contributed by atoms with Crippen LogP contribution in [0.4, 0.5) is 5.13 Å². The highest BCUT2D eigenvalue weighted by atomic mass is 32.2. The smallest absolute Gasteiger partial charge is 0.328 e. The molecule has 0 bridgehead atoms. The summed E-state index contributed by atoms with van der Waals surface area (Å²) in [5.74, 6) is 0.0793. The molecule has 2 atom stereocenters. The highest BCUT2D eigenvalue weighted by Crippen LogP contribution is 2.25. The average Bonchev–Trinajstić information content (AvgIpc) is 3.02. The van der Waals surface area contributed by atoms with Crippen LogP contribution in [0.3, 0.4) is 0 Å². The summed E-state index contributed by atoms with van der Waals surface area (Å²) in [6.07, 6.45) is 0.772. The summed E-state index contributed by atoms with van der Waals surface area (Å²) in [7, 11) is 1.32. The first-order valence-corrected chi connectivity index (χ1v) is 9.74. The van der Waals surface area contributed by atoms with Crippen LogP contribution in [0.25, 0.3) is 0 Å². The van der Waals surface area contributed by atoms with Crippen LogP contribution in [0.15, 0.2) is 4.34 Å². The van der Waals surface area contributed by atoms with Crippen molar-refractivity contribution in [3.63, 3.8) is 0 Å². The number of nitrogens with one attached hydrogen (secondary N) is 2. The summed E-state index contributed by atoms with van der Waals surface area (Å²) in [6, 6.07) is -0.620. The lowest BCUT2D eigenvalue weighted by Crippen LogP contribution is -2.46. The van der Waals surface area contributed by atoms with E-state index >= 15 is 0 Å². The van der Waals surface area contributed by atoms with Gasteiger partial charge in [-0.15, -0.1) is 10.2 Å². The molecule has 1 rings (SSSR count). The predicted molar refractivity (Wildman–Crippen MR) is 97.4 cm³/mol. The van der Waals surface area contributed by atoms with Gasteiger partial charge in [-0.2, -0.15) is 0 Å². The molecule has 0 spiro atoms. The number of hydrogen-bond acceptors (Lipinski definition) is 8. The monoisotopic (exact) mass is 374 g/mol. The predicted octanol–water partition coefficient (Wildman–Crippen LogP) is 2.40. The van der Waals surface area contributed by atoms with Crippen molar-refractivity contribution in [2.45, 2.75) is 44.5 Å². The molecule has 0 radical (unpaired) electrons. The number of rotatable bonds is 10. The lowest BCUT2D eigenvalue weighted by molar-refractivity contribution is -0.146. The summed E-state index contributed by atoms with van der Waals surface area (Å²) in [5, 5.41) is 14.8. The van der Waals surface area contributed by atoms with E-state index in [0.29, 0.717) is 5.92 Å². The van der Waals surface area contributed by atoms with Crippen molar-refractivity contribution in [2.24, 2.45) is 11.8 Å². The molecular formula is C15H26N4O3S2. The highest BCUT2D eigenvalue weighted by Gasteiger charge is 2.26. The second kappa shape index (κ2) is 10.5. The molecule has 9 heteroatoms. The Labute approximate surface area is 151 Å². The lowest BCUT2D eigenvalue weighted by Gasteiger charge is -2.21. The average molecular weight is 375 g/mol. The molecule has 136 valence electrons. The quantitative estimate of drug-likeness (QED) is 0.480. The Morgan fingerprint density at radius 1 is 1.29 bits per heavy atom. The van der Waals surface area contributed by atoms with Crippen molar-refractivity contribution in [3.05, 3.63) is 0 Å². The molecule has 0 saturated heterocycles. The van der Waals surface area contributed by atoms with E-state index in [2.05, 4.69) is 34.7 Å². The van der Waals surface area contributed by atoms with Crippen LogP contribution < -0.4 is 10.6 Å². The van der Waals surface area contributed by atoms with Crippen LogP contribution in [0.2, 0.25) is 0 Å². The summed E-state index contributed by atoms with van der Waals surface area (Å²) in [6.45, 7) is 8.93. The molecule has 24 heavy (non-hydrogen) atoms. The Morgan fingerprint density at radius 3 is 2.58 bits per heavy atom. The van der Waals surface area contributed by atoms with E-state index in [1.165, 1.54) is 30.2 Å². The number of carbonyl (C=O) groups excluding carboxylic acids is 2. The number of thioether (sulfide) groups is 1. The van der Waals surface area contributed by atoms with Gasteiger partial charge in [0.15, 0.2) is 4.34 Å². The van der Waals surface area contributed by atoms with E-state index in [9.17, 15) is 9.59 Å². The van der Waals surface area contributed by atoms with Gasteiger partial charge in [0.05, 0.1) is 12.9 Å². The number of methoxy groups -OCH3 is 1. The molecular weight excluding hydrogens is 348 g/mol. The van der Waals surface area contributed by atoms with Crippen LogP contribution >= 0.6 is 23.1 Å². The van der Waals surface area contributed by atoms with E-state index < -0.39 is 12.0 Å². The molecule has 0 saturated carbocycles. The van der Waals surface area contributed by atoms with Crippen molar-refractivity contribution < 1.29 is 14.3 Å². The van der Waals surface area contributed by atoms with E-state index in [-0.39, 0.29) is 17.6 Å². The Balaban J connectivity index is 2.48. The molecule has 1 aromatic heterocycles. The number of hydrogen-bond donors (Lipinski definition) is 2. The second-order valence-electron chi connectivity index (χ2n) is 5.89. The Morgan fingerprint density at radius 2 is 2.00 bits per heavy atom. The zero-order valence-electron chi connectivity index (χ0n) is 14.8. The summed E-state index contributed by atoms with van der Waals surface area (Å²) in [4.78, 5) is 23.9. The second-order valence-corrected chi connectivity index (χ2v) is 8.09. The number of anilines is 1. The summed E-state index contributed by atoms with van der Waals surface area (Å²) in [5.41, 5.74) is 0. The van der Waals surface area contributed by atoms with E-state index in [1.54, 1.807) is 0 Å². The van der Waals surface area contributed by atoms with Gasteiger partial charge in [-0.3, -0.25) is 4.79 Å². The molecule has 0 aliphatic carbocycles. The number of ether oxygens (including phenoxy) is 1. The van der Waals surface area contributed by atoms with Crippen LogP contribution in [-0.2, 0) is 14.3 Å². The van der Waals surface area contributed by atoms with Crippen LogP contribution in [0, 0.1) is 11.8 Å². The van der Waals surface area contributed by atoms with Crippen molar-refractivity contribution in [1.29, 1.82) is 0 Å². The Bertz CT molecular complexity index is 537. The van der Waals surface area contributed by atoms with Gasteiger partial charge in [0.2, 0.25) is 11.0 Å². The third-order valence-electron chi connectivity index (χ3n) is 3.38. The van der Waals surface area contributed by atoms with E-state index in [0.717, 1.165) is 22.4 Å². The lowest BCUT2D eigenvalue weighted by atomic mass is 9.99. The minimum absolute atomic E-state index is 0.0137. The minimum atomic E-state index is -0.620. The molecule has 1 aromatic rings. The first-order valence-electron chi connectivity index (χ1n) is 7.94. The first kappa shape index (κ1) is 20.7. The van der Waals surface area contributed by atoms with Crippen molar-refractivity contribution >= 4 is 40.1 Å². The molecule has 7 nitrogen and oxygen atoms in total. The van der Waals surface area contributed by atoms with Crippen molar-refractivity contribution in [1.82, 2.24) is 15.5 Å².